The summed E-state index contributed by atoms with van der Waals surface area (Å²) in [5.74, 6) is 2.14. The van der Waals surface area contributed by atoms with Gasteiger partial charge in [-0.1, -0.05) is 19.3 Å². The number of allylic oxidation sites excluding steroid dienone is 2. The lowest BCUT2D eigenvalue weighted by Gasteiger charge is -2.34. The molecule has 1 nitrogen and oxygen atoms in total. The van der Waals surface area contributed by atoms with E-state index in [0.717, 1.165) is 5.92 Å². The number of rotatable bonds is 1. The third-order valence-electron chi connectivity index (χ3n) is 3.49. The highest BCUT2D eigenvalue weighted by atomic mass is 28.4. The first kappa shape index (κ1) is 10.3. The zero-order valence-electron chi connectivity index (χ0n) is 9.51. The van der Waals surface area contributed by atoms with Crippen LogP contribution in [-0.4, -0.2) is 8.32 Å². The summed E-state index contributed by atoms with van der Waals surface area (Å²) in [6, 6.07) is 1.31. The maximum atomic E-state index is 6.21. The summed E-state index contributed by atoms with van der Waals surface area (Å²) in [6.07, 6.45) is 10.6. The maximum Gasteiger partial charge on any atom is 0.245 e. The Labute approximate surface area is 88.7 Å². The molecular formula is C12H22OSi. The van der Waals surface area contributed by atoms with Crippen molar-refractivity contribution in [2.24, 2.45) is 5.92 Å². The van der Waals surface area contributed by atoms with Crippen LogP contribution in [-0.2, 0) is 4.43 Å². The average molecular weight is 210 g/mol. The van der Waals surface area contributed by atoms with Crippen LogP contribution in [0.1, 0.15) is 38.5 Å². The Hall–Kier alpha value is -0.243. The molecule has 1 heterocycles. The molecule has 1 aliphatic carbocycles. The molecule has 0 atom stereocenters. The Bertz CT molecular complexity index is 226. The fourth-order valence-corrected chi connectivity index (χ4v) is 4.44. The fraction of sp³-hybridized carbons (Fsp3) is 0.833. The van der Waals surface area contributed by atoms with Crippen molar-refractivity contribution in [2.75, 3.05) is 0 Å². The Balaban J connectivity index is 1.99. The van der Waals surface area contributed by atoms with E-state index >= 15 is 0 Å². The minimum Gasteiger partial charge on any atom is -0.547 e. The molecule has 2 rings (SSSR count). The lowest BCUT2D eigenvalue weighted by Crippen LogP contribution is -2.34. The predicted molar refractivity (Wildman–Crippen MR) is 62.6 cm³/mol. The van der Waals surface area contributed by atoms with Crippen LogP contribution in [0.15, 0.2) is 11.8 Å². The minimum atomic E-state index is -1.31. The SMILES string of the molecule is C[Si]1(C)CCC=C(C2CCCCC2)O1. The van der Waals surface area contributed by atoms with E-state index in [1.807, 2.05) is 0 Å². The highest BCUT2D eigenvalue weighted by Gasteiger charge is 2.31. The van der Waals surface area contributed by atoms with E-state index in [-0.39, 0.29) is 0 Å². The van der Waals surface area contributed by atoms with Crippen LogP contribution in [0, 0.1) is 5.92 Å². The topological polar surface area (TPSA) is 9.23 Å². The second-order valence-electron chi connectivity index (χ2n) is 5.34. The maximum absolute atomic E-state index is 6.21. The highest BCUT2D eigenvalue weighted by Crippen LogP contribution is 2.35. The van der Waals surface area contributed by atoms with Crippen LogP contribution in [0.25, 0.3) is 0 Å². The van der Waals surface area contributed by atoms with Crippen LogP contribution in [0.5, 0.6) is 0 Å². The molecular weight excluding hydrogens is 188 g/mol. The quantitative estimate of drug-likeness (QED) is 0.593. The summed E-state index contributed by atoms with van der Waals surface area (Å²) in [4.78, 5) is 0. The van der Waals surface area contributed by atoms with Crippen LogP contribution in [0.4, 0.5) is 0 Å². The summed E-state index contributed by atoms with van der Waals surface area (Å²) >= 11 is 0. The predicted octanol–water partition coefficient (Wildman–Crippen LogP) is 4.08. The van der Waals surface area contributed by atoms with E-state index in [1.165, 1.54) is 50.3 Å². The van der Waals surface area contributed by atoms with E-state index in [9.17, 15) is 0 Å². The normalized spacial score (nSPS) is 28.0. The van der Waals surface area contributed by atoms with Gasteiger partial charge in [0, 0.05) is 5.92 Å². The monoisotopic (exact) mass is 210 g/mol. The lowest BCUT2D eigenvalue weighted by atomic mass is 9.87. The van der Waals surface area contributed by atoms with Crippen molar-refractivity contribution in [3.8, 4) is 0 Å². The summed E-state index contributed by atoms with van der Waals surface area (Å²) in [5, 5.41) is 0. The zero-order chi connectivity index (χ0) is 10.0. The van der Waals surface area contributed by atoms with Gasteiger partial charge in [-0.25, -0.2) is 0 Å². The van der Waals surface area contributed by atoms with E-state index in [0.29, 0.717) is 0 Å². The van der Waals surface area contributed by atoms with Crippen molar-refractivity contribution in [1.29, 1.82) is 0 Å². The molecule has 0 aromatic heterocycles. The van der Waals surface area contributed by atoms with Crippen molar-refractivity contribution < 1.29 is 4.43 Å². The molecule has 0 N–H and O–H groups in total. The largest absolute Gasteiger partial charge is 0.547 e. The van der Waals surface area contributed by atoms with Crippen LogP contribution in [0.2, 0.25) is 19.1 Å². The van der Waals surface area contributed by atoms with Crippen molar-refractivity contribution in [1.82, 2.24) is 0 Å². The van der Waals surface area contributed by atoms with Gasteiger partial charge in [0.1, 0.15) is 0 Å². The second-order valence-corrected chi connectivity index (χ2v) is 9.57. The van der Waals surface area contributed by atoms with Gasteiger partial charge in [-0.2, -0.15) is 0 Å². The molecule has 0 spiro atoms. The Morgan fingerprint density at radius 1 is 1.21 bits per heavy atom. The second kappa shape index (κ2) is 4.09. The fourth-order valence-electron chi connectivity index (χ4n) is 2.61. The Morgan fingerprint density at radius 2 is 1.93 bits per heavy atom. The molecule has 0 unspecified atom stereocenters. The van der Waals surface area contributed by atoms with Gasteiger partial charge in [0.15, 0.2) is 0 Å². The first-order valence-electron chi connectivity index (χ1n) is 6.06. The van der Waals surface area contributed by atoms with Gasteiger partial charge < -0.3 is 4.43 Å². The average Bonchev–Trinajstić information content (AvgIpc) is 2.18. The lowest BCUT2D eigenvalue weighted by molar-refractivity contribution is 0.275. The van der Waals surface area contributed by atoms with Gasteiger partial charge in [-0.15, -0.1) is 0 Å². The van der Waals surface area contributed by atoms with Crippen LogP contribution >= 0.6 is 0 Å². The third kappa shape index (κ3) is 2.41. The molecule has 1 fully saturated rings. The highest BCUT2D eigenvalue weighted by molar-refractivity contribution is 6.71. The number of hydrogen-bond acceptors (Lipinski definition) is 1. The molecule has 0 aromatic rings. The van der Waals surface area contributed by atoms with Gasteiger partial charge in [0.2, 0.25) is 8.32 Å². The number of hydrogen-bond donors (Lipinski definition) is 0. The minimum absolute atomic E-state index is 0.774. The third-order valence-corrected chi connectivity index (χ3v) is 5.77. The van der Waals surface area contributed by atoms with E-state index in [4.69, 9.17) is 4.43 Å². The van der Waals surface area contributed by atoms with E-state index in [1.54, 1.807) is 0 Å². The smallest absolute Gasteiger partial charge is 0.245 e. The van der Waals surface area contributed by atoms with Crippen LogP contribution < -0.4 is 0 Å². The first-order valence-corrected chi connectivity index (χ1v) is 9.18. The molecule has 80 valence electrons. The standard InChI is InChI=1S/C12H22OSi/c1-14(2)10-6-9-12(13-14)11-7-4-3-5-8-11/h9,11H,3-8,10H2,1-2H3. The van der Waals surface area contributed by atoms with Gasteiger partial charge in [0.25, 0.3) is 0 Å². The molecule has 0 aromatic carbocycles. The van der Waals surface area contributed by atoms with Gasteiger partial charge in [-0.05, 0) is 44.5 Å². The van der Waals surface area contributed by atoms with E-state index in [2.05, 4.69) is 19.2 Å². The zero-order valence-corrected chi connectivity index (χ0v) is 10.5. The molecule has 2 aliphatic rings. The molecule has 2 heteroatoms. The summed E-state index contributed by atoms with van der Waals surface area (Å²) in [6.45, 7) is 4.70. The molecule has 1 aliphatic heterocycles. The van der Waals surface area contributed by atoms with Crippen LogP contribution in [0.3, 0.4) is 0 Å². The molecule has 0 radical (unpaired) electrons. The van der Waals surface area contributed by atoms with E-state index < -0.39 is 8.32 Å². The molecule has 0 amide bonds. The van der Waals surface area contributed by atoms with Crippen molar-refractivity contribution in [3.63, 3.8) is 0 Å². The Morgan fingerprint density at radius 3 is 2.57 bits per heavy atom. The summed E-state index contributed by atoms with van der Waals surface area (Å²) < 4.78 is 6.21. The molecule has 14 heavy (non-hydrogen) atoms. The molecule has 0 saturated heterocycles. The van der Waals surface area contributed by atoms with Gasteiger partial charge in [-0.3, -0.25) is 0 Å². The van der Waals surface area contributed by atoms with Crippen molar-refractivity contribution in [3.05, 3.63) is 11.8 Å². The van der Waals surface area contributed by atoms with Crippen molar-refractivity contribution >= 4 is 8.32 Å². The molecule has 1 saturated carbocycles. The summed E-state index contributed by atoms with van der Waals surface area (Å²) in [7, 11) is -1.31. The van der Waals surface area contributed by atoms with Crippen molar-refractivity contribution in [2.45, 2.75) is 57.7 Å². The Kier molecular flexibility index (Phi) is 3.01. The summed E-state index contributed by atoms with van der Waals surface area (Å²) in [5.41, 5.74) is 0. The molecule has 0 bridgehead atoms. The van der Waals surface area contributed by atoms with Gasteiger partial charge >= 0.3 is 0 Å². The first-order chi connectivity index (χ1) is 6.67. The van der Waals surface area contributed by atoms with Gasteiger partial charge in [0.05, 0.1) is 5.76 Å².